The van der Waals surface area contributed by atoms with E-state index in [1.54, 1.807) is 14.2 Å². The van der Waals surface area contributed by atoms with Gasteiger partial charge in [-0.25, -0.2) is 39.5 Å². The first-order valence-electron chi connectivity index (χ1n) is 37.4. The van der Waals surface area contributed by atoms with Crippen LogP contribution in [-0.4, -0.2) is 112 Å². The molecule has 16 rings (SSSR count). The maximum Gasteiger partial charge on any atom is 0.416 e. The fourth-order valence-electron chi connectivity index (χ4n) is 16.7. The molecule has 2 aliphatic carbocycles. The molecular weight excluding hydrogens is 1600 g/mol. The van der Waals surface area contributed by atoms with Gasteiger partial charge in [-0.1, -0.05) is 146 Å². The monoisotopic (exact) mass is 1680 g/mol. The van der Waals surface area contributed by atoms with E-state index in [0.717, 1.165) is 67.9 Å². The third-order valence-electron chi connectivity index (χ3n) is 22.4. The second kappa shape index (κ2) is 32.4. The number of aromatic nitrogens is 8. The van der Waals surface area contributed by atoms with E-state index in [-0.39, 0.29) is 62.8 Å². The molecule has 4 aliphatic rings. The van der Waals surface area contributed by atoms with Gasteiger partial charge in [0.2, 0.25) is 0 Å². The number of nitrogens with zero attached hydrogens (tertiary/aromatic N) is 10. The molecule has 26 heteroatoms. The minimum Gasteiger partial charge on any atom is -0.497 e. The Hall–Kier alpha value is -9.18. The van der Waals surface area contributed by atoms with Crippen LogP contribution < -0.4 is 19.3 Å². The van der Waals surface area contributed by atoms with Crippen molar-refractivity contribution in [2.45, 2.75) is 167 Å². The molecule has 0 radical (unpaired) electrons. The number of pyridine rings is 2. The van der Waals surface area contributed by atoms with Crippen LogP contribution in [0.15, 0.2) is 204 Å². The molecule has 2 saturated heterocycles. The van der Waals surface area contributed by atoms with Crippen LogP contribution in [0.2, 0.25) is 10.3 Å². The van der Waals surface area contributed by atoms with Crippen molar-refractivity contribution in [3.05, 3.63) is 248 Å². The number of carbonyl (C=O) groups excluding carboxylic acids is 2. The van der Waals surface area contributed by atoms with Crippen molar-refractivity contribution in [1.29, 1.82) is 0 Å². The van der Waals surface area contributed by atoms with Gasteiger partial charge in [0.25, 0.3) is 0 Å². The van der Waals surface area contributed by atoms with Crippen LogP contribution in [0.25, 0.3) is 43.9 Å². The minimum atomic E-state index is -0.843. The van der Waals surface area contributed by atoms with E-state index in [1.165, 1.54) is 22.5 Å². The molecule has 1 unspecified atom stereocenters. The molecule has 12 aromatic rings. The van der Waals surface area contributed by atoms with Gasteiger partial charge in [-0.2, -0.15) is 0 Å². The number of carbonyl (C=O) groups is 2. The van der Waals surface area contributed by atoms with E-state index in [4.69, 9.17) is 71.1 Å². The van der Waals surface area contributed by atoms with Gasteiger partial charge in [0.05, 0.1) is 94.6 Å². The van der Waals surface area contributed by atoms with Gasteiger partial charge < -0.3 is 57.2 Å². The highest BCUT2D eigenvalue weighted by molar-refractivity contribution is 9.11. The van der Waals surface area contributed by atoms with Crippen LogP contribution in [0, 0.1) is 10.8 Å². The predicted octanol–water partition coefficient (Wildman–Crippen LogP) is 19.5. The van der Waals surface area contributed by atoms with Crippen LogP contribution in [-0.2, 0) is 54.7 Å². The van der Waals surface area contributed by atoms with Crippen LogP contribution in [0.3, 0.4) is 0 Å². The Morgan fingerprint density at radius 3 is 1.29 bits per heavy atom. The predicted molar refractivity (Wildman–Crippen MR) is 435 cm³/mol. The van der Waals surface area contributed by atoms with Crippen LogP contribution in [0.5, 0.6) is 11.5 Å². The number of hydrogen-bond acceptors (Lipinski definition) is 18. The first-order valence-corrected chi connectivity index (χ1v) is 39.7. The van der Waals surface area contributed by atoms with Crippen molar-refractivity contribution in [3.63, 3.8) is 0 Å². The largest absolute Gasteiger partial charge is 0.497 e. The summed E-state index contributed by atoms with van der Waals surface area (Å²) in [5, 5.41) is 28.2. The maximum atomic E-state index is 13.8. The van der Waals surface area contributed by atoms with Crippen molar-refractivity contribution in [2.75, 3.05) is 24.0 Å². The number of amides is 2. The first kappa shape index (κ1) is 78.1. The molecule has 2 amide bonds. The van der Waals surface area contributed by atoms with Crippen molar-refractivity contribution in [2.24, 2.45) is 10.8 Å². The van der Waals surface area contributed by atoms with E-state index in [9.17, 15) is 19.8 Å². The number of ether oxygens (including phenoxy) is 8. The standard InChI is InChI=1S/2C43H43BrClN5O6/c2*1-5-43(21-34(36-37(43)56-42(2,3)55-36)49-18-17-31-38(45)46-25-47-39(31)49)22-35(51)29-14-13-28-19-32(44)40(48-33(28)20-29)50(23-26-11-15-30(53-4)16-12-26)41(52)54-24-27-9-7-6-8-10-27/h2*6-20,25,34-37,51H,5,21-24H2,1-4H3/t34-,35?,36+,37+,43-;34-,35-,36+,37+,43-/m11/s1. The van der Waals surface area contributed by atoms with Crippen molar-refractivity contribution in [1.82, 2.24) is 39.0 Å². The summed E-state index contributed by atoms with van der Waals surface area (Å²) in [5.41, 5.74) is 6.76. The van der Waals surface area contributed by atoms with Crippen molar-refractivity contribution < 1.29 is 57.7 Å². The molecule has 4 fully saturated rings. The number of benzene rings is 6. The van der Waals surface area contributed by atoms with Gasteiger partial charge in [-0.05, 0) is 192 Å². The summed E-state index contributed by atoms with van der Waals surface area (Å²) in [5.74, 6) is 0.615. The molecule has 0 spiro atoms. The topological polar surface area (TPSA) is 242 Å². The minimum absolute atomic E-state index is 0.103. The van der Waals surface area contributed by atoms with Crippen LogP contribution in [0.4, 0.5) is 21.2 Å². The lowest BCUT2D eigenvalue weighted by Crippen LogP contribution is -2.36. The van der Waals surface area contributed by atoms with Gasteiger partial charge in [-0.15, -0.1) is 0 Å². The number of aliphatic hydroxyl groups excluding tert-OH is 2. The molecule has 2 N–H and O–H groups in total. The summed E-state index contributed by atoms with van der Waals surface area (Å²) >= 11 is 20.3. The van der Waals surface area contributed by atoms with Gasteiger partial charge in [0, 0.05) is 34.0 Å². The summed E-state index contributed by atoms with van der Waals surface area (Å²) < 4.78 is 54.3. The number of rotatable bonds is 22. The Balaban J connectivity index is 0.000000177. The molecular formula is C86H86Br2Cl2N10O12. The lowest BCUT2D eigenvalue weighted by atomic mass is 9.75. The summed E-state index contributed by atoms with van der Waals surface area (Å²) in [6.45, 7) is 12.7. The Bertz CT molecular complexity index is 5090. The smallest absolute Gasteiger partial charge is 0.416 e. The van der Waals surface area contributed by atoms with Gasteiger partial charge in [0.1, 0.15) is 71.2 Å². The van der Waals surface area contributed by atoms with Crippen molar-refractivity contribution >= 4 is 123 Å². The molecule has 22 nitrogen and oxygen atoms in total. The number of hydrogen-bond donors (Lipinski definition) is 2. The second-order valence-electron chi connectivity index (χ2n) is 30.1. The Kier molecular flexibility index (Phi) is 22.6. The maximum absolute atomic E-state index is 13.8. The van der Waals surface area contributed by atoms with Gasteiger partial charge in [0.15, 0.2) is 23.2 Å². The van der Waals surface area contributed by atoms with Crippen LogP contribution in [0.1, 0.15) is 138 Å². The van der Waals surface area contributed by atoms with Crippen LogP contribution >= 0.6 is 55.1 Å². The van der Waals surface area contributed by atoms with Gasteiger partial charge in [-0.3, -0.25) is 9.80 Å². The van der Waals surface area contributed by atoms with E-state index in [0.29, 0.717) is 90.2 Å². The summed E-state index contributed by atoms with van der Waals surface area (Å²) in [6, 6.07) is 53.2. The molecule has 580 valence electrons. The second-order valence-corrected chi connectivity index (χ2v) is 32.6. The highest BCUT2D eigenvalue weighted by Gasteiger charge is 2.63. The lowest BCUT2D eigenvalue weighted by molar-refractivity contribution is -0.172. The molecule has 112 heavy (non-hydrogen) atoms. The zero-order valence-electron chi connectivity index (χ0n) is 63.1. The quantitative estimate of drug-likeness (QED) is 0.0599. The van der Waals surface area contributed by atoms with E-state index < -0.39 is 46.8 Å². The molecule has 8 heterocycles. The Morgan fingerprint density at radius 2 is 0.920 bits per heavy atom. The third kappa shape index (κ3) is 16.0. The third-order valence-corrected chi connectivity index (χ3v) is 24.2. The van der Waals surface area contributed by atoms with E-state index in [2.05, 4.69) is 74.8 Å². The molecule has 6 aromatic heterocycles. The average Bonchev–Trinajstić information content (AvgIpc) is 1.56. The highest BCUT2D eigenvalue weighted by atomic mass is 79.9. The fourth-order valence-corrected chi connectivity index (χ4v) is 18.1. The Labute approximate surface area is 675 Å². The SMILES string of the molecule is CC[C@]1(CC(O)c2ccc3cc(Br)c(N(Cc4ccc(OC)cc4)C(=O)OCc4ccccc4)nc3c2)C[C@@H](n2ccc3c(Cl)ncnc32)[C@@H]2OC(C)(C)O[C@@H]21.CC[C@]1(C[C@@H](O)c2ccc3cc(Br)c(N(Cc4ccc(OC)cc4)C(=O)OCc4ccccc4)nc3c2)C[C@@H](n2ccc3c(Cl)ncnc32)[C@@H]2OC(C)(C)O[C@@H]21. The number of aliphatic hydroxyl groups is 2. The fraction of sp³-hybridized carbons (Fsp3) is 0.349. The molecule has 10 atom stereocenters. The Morgan fingerprint density at radius 1 is 0.527 bits per heavy atom. The van der Waals surface area contributed by atoms with E-state index in [1.807, 2.05) is 210 Å². The van der Waals surface area contributed by atoms with Crippen molar-refractivity contribution in [3.8, 4) is 11.5 Å². The van der Waals surface area contributed by atoms with E-state index >= 15 is 0 Å². The lowest BCUT2D eigenvalue weighted by Gasteiger charge is -2.36. The molecule has 0 bridgehead atoms. The molecule has 2 saturated carbocycles. The summed E-state index contributed by atoms with van der Waals surface area (Å²) in [6.07, 6.45) is 6.85. The number of anilines is 2. The zero-order chi connectivity index (χ0) is 78.4. The zero-order valence-corrected chi connectivity index (χ0v) is 67.8. The number of fused-ring (bicyclic) bond motifs is 6. The number of methoxy groups -OCH3 is 2. The summed E-state index contributed by atoms with van der Waals surface area (Å²) in [7, 11) is 3.23. The number of halogens is 4. The normalized spacial score (nSPS) is 21.9. The molecule has 6 aromatic carbocycles. The highest BCUT2D eigenvalue weighted by Crippen LogP contribution is 2.60. The molecule has 2 aliphatic heterocycles. The summed E-state index contributed by atoms with van der Waals surface area (Å²) in [4.78, 5) is 58.2. The first-order chi connectivity index (χ1) is 53.9. The average molecular weight is 1680 g/mol. The van der Waals surface area contributed by atoms with Gasteiger partial charge >= 0.3 is 12.2 Å².